The number of carbonyl (C=O) groups is 1. The standard InChI is InChI=1S/C22H18BrN3O4S/c1-28-19-4-2-3-5-20(19)30-10-9-29-18-7-6-15(13-17(18)23)12-16(14-24)21(27)26-22-25-8-11-31-22/h2-8,11-13H,9-10H2,1H3,(H,25,26,27)/b16-12-. The highest BCUT2D eigenvalue weighted by molar-refractivity contribution is 9.10. The van der Waals surface area contributed by atoms with E-state index in [1.165, 1.54) is 17.4 Å². The lowest BCUT2D eigenvalue weighted by atomic mass is 10.1. The number of thiazole rings is 1. The van der Waals surface area contributed by atoms with E-state index >= 15 is 0 Å². The Kier molecular flexibility index (Phi) is 8.04. The maximum absolute atomic E-state index is 12.2. The largest absolute Gasteiger partial charge is 0.493 e. The van der Waals surface area contributed by atoms with Crippen molar-refractivity contribution in [2.45, 2.75) is 0 Å². The second-order valence-electron chi connectivity index (χ2n) is 6.00. The number of para-hydroxylation sites is 2. The predicted octanol–water partition coefficient (Wildman–Crippen LogP) is 4.92. The van der Waals surface area contributed by atoms with Crippen molar-refractivity contribution in [2.24, 2.45) is 0 Å². The monoisotopic (exact) mass is 499 g/mol. The Morgan fingerprint density at radius 3 is 2.58 bits per heavy atom. The maximum atomic E-state index is 12.2. The third-order valence-electron chi connectivity index (χ3n) is 3.95. The number of ether oxygens (including phenoxy) is 3. The molecule has 0 saturated heterocycles. The van der Waals surface area contributed by atoms with Crippen LogP contribution in [-0.2, 0) is 4.79 Å². The van der Waals surface area contributed by atoms with E-state index in [1.807, 2.05) is 30.3 Å². The summed E-state index contributed by atoms with van der Waals surface area (Å²) in [5, 5.41) is 14.1. The van der Waals surface area contributed by atoms with E-state index in [0.717, 1.165) is 0 Å². The number of rotatable bonds is 9. The number of nitriles is 1. The Labute approximate surface area is 192 Å². The first-order valence-electron chi connectivity index (χ1n) is 9.11. The van der Waals surface area contributed by atoms with E-state index in [-0.39, 0.29) is 5.57 Å². The molecule has 7 nitrogen and oxygen atoms in total. The number of methoxy groups -OCH3 is 1. The zero-order chi connectivity index (χ0) is 22.1. The van der Waals surface area contributed by atoms with Gasteiger partial charge in [-0.2, -0.15) is 5.26 Å². The summed E-state index contributed by atoms with van der Waals surface area (Å²) >= 11 is 4.74. The van der Waals surface area contributed by atoms with Crippen LogP contribution in [0.1, 0.15) is 5.56 Å². The van der Waals surface area contributed by atoms with E-state index in [9.17, 15) is 10.1 Å². The number of carbonyl (C=O) groups excluding carboxylic acids is 1. The first-order valence-corrected chi connectivity index (χ1v) is 10.8. The minimum atomic E-state index is -0.512. The second-order valence-corrected chi connectivity index (χ2v) is 7.75. The van der Waals surface area contributed by atoms with Crippen LogP contribution < -0.4 is 19.5 Å². The van der Waals surface area contributed by atoms with Gasteiger partial charge in [0.25, 0.3) is 5.91 Å². The van der Waals surface area contributed by atoms with Gasteiger partial charge in [-0.3, -0.25) is 10.1 Å². The van der Waals surface area contributed by atoms with Crippen LogP contribution in [0.3, 0.4) is 0 Å². The number of halogens is 1. The van der Waals surface area contributed by atoms with E-state index in [1.54, 1.807) is 36.9 Å². The molecule has 31 heavy (non-hydrogen) atoms. The lowest BCUT2D eigenvalue weighted by Gasteiger charge is -2.12. The summed E-state index contributed by atoms with van der Waals surface area (Å²) in [7, 11) is 1.59. The van der Waals surface area contributed by atoms with Crippen molar-refractivity contribution in [3.8, 4) is 23.3 Å². The van der Waals surface area contributed by atoms with Crippen LogP contribution in [0.15, 0.2) is 64.1 Å². The number of nitrogens with one attached hydrogen (secondary N) is 1. The predicted molar refractivity (Wildman–Crippen MR) is 122 cm³/mol. The molecule has 3 rings (SSSR count). The molecule has 158 valence electrons. The summed E-state index contributed by atoms with van der Waals surface area (Å²) < 4.78 is 17.4. The maximum Gasteiger partial charge on any atom is 0.268 e. The van der Waals surface area contributed by atoms with Crippen LogP contribution in [0, 0.1) is 11.3 Å². The molecule has 0 fully saturated rings. The Morgan fingerprint density at radius 1 is 1.19 bits per heavy atom. The summed E-state index contributed by atoms with van der Waals surface area (Å²) in [6, 6.07) is 14.6. The zero-order valence-corrected chi connectivity index (χ0v) is 18.9. The van der Waals surface area contributed by atoms with Gasteiger partial charge < -0.3 is 14.2 Å². The first kappa shape index (κ1) is 22.3. The molecule has 0 aliphatic heterocycles. The van der Waals surface area contributed by atoms with E-state index in [2.05, 4.69) is 26.2 Å². The van der Waals surface area contributed by atoms with Gasteiger partial charge in [-0.05, 0) is 51.8 Å². The van der Waals surface area contributed by atoms with Crippen molar-refractivity contribution in [2.75, 3.05) is 25.6 Å². The van der Waals surface area contributed by atoms with E-state index in [0.29, 0.717) is 45.6 Å². The van der Waals surface area contributed by atoms with Gasteiger partial charge in [0.2, 0.25) is 0 Å². The van der Waals surface area contributed by atoms with Crippen molar-refractivity contribution < 1.29 is 19.0 Å². The smallest absolute Gasteiger partial charge is 0.268 e. The topological polar surface area (TPSA) is 93.5 Å². The van der Waals surface area contributed by atoms with Gasteiger partial charge in [0.1, 0.15) is 30.6 Å². The minimum Gasteiger partial charge on any atom is -0.493 e. The Bertz CT molecular complexity index is 1110. The molecule has 2 aromatic carbocycles. The molecule has 0 atom stereocenters. The highest BCUT2D eigenvalue weighted by Gasteiger charge is 2.11. The van der Waals surface area contributed by atoms with Crippen LogP contribution in [0.5, 0.6) is 17.2 Å². The molecule has 0 saturated carbocycles. The number of hydrogen-bond acceptors (Lipinski definition) is 7. The van der Waals surface area contributed by atoms with Crippen LogP contribution in [0.4, 0.5) is 5.13 Å². The molecular formula is C22H18BrN3O4S. The molecule has 1 N–H and O–H groups in total. The van der Waals surface area contributed by atoms with Crippen LogP contribution in [-0.4, -0.2) is 31.2 Å². The molecule has 0 spiro atoms. The van der Waals surface area contributed by atoms with Crippen LogP contribution in [0.25, 0.3) is 6.08 Å². The van der Waals surface area contributed by atoms with Crippen molar-refractivity contribution in [1.29, 1.82) is 5.26 Å². The fourth-order valence-electron chi connectivity index (χ4n) is 2.53. The number of amides is 1. The van der Waals surface area contributed by atoms with Gasteiger partial charge in [-0.25, -0.2) is 4.98 Å². The van der Waals surface area contributed by atoms with Crippen molar-refractivity contribution in [1.82, 2.24) is 4.98 Å². The summed E-state index contributed by atoms with van der Waals surface area (Å²) in [6.07, 6.45) is 3.08. The number of benzene rings is 2. The van der Waals surface area contributed by atoms with Crippen molar-refractivity contribution >= 4 is 44.4 Å². The van der Waals surface area contributed by atoms with Gasteiger partial charge >= 0.3 is 0 Å². The molecule has 0 aliphatic carbocycles. The van der Waals surface area contributed by atoms with Crippen molar-refractivity contribution in [3.05, 3.63) is 69.7 Å². The molecule has 1 aromatic heterocycles. The normalized spacial score (nSPS) is 10.8. The van der Waals surface area contributed by atoms with Crippen molar-refractivity contribution in [3.63, 3.8) is 0 Å². The van der Waals surface area contributed by atoms with Gasteiger partial charge in [-0.15, -0.1) is 11.3 Å². The summed E-state index contributed by atoms with van der Waals surface area (Å²) in [5.41, 5.74) is 0.649. The van der Waals surface area contributed by atoms with Gasteiger partial charge in [-0.1, -0.05) is 18.2 Å². The Hall–Kier alpha value is -3.35. The van der Waals surface area contributed by atoms with Gasteiger partial charge in [0, 0.05) is 11.6 Å². The summed E-state index contributed by atoms with van der Waals surface area (Å²) in [4.78, 5) is 16.2. The molecule has 0 unspecified atom stereocenters. The quantitative estimate of drug-likeness (QED) is 0.255. The third-order valence-corrected chi connectivity index (χ3v) is 5.26. The molecule has 3 aromatic rings. The van der Waals surface area contributed by atoms with Crippen LogP contribution >= 0.6 is 27.3 Å². The summed E-state index contributed by atoms with van der Waals surface area (Å²) in [5.74, 6) is 1.41. The Morgan fingerprint density at radius 2 is 1.94 bits per heavy atom. The molecule has 1 amide bonds. The molecule has 0 radical (unpaired) electrons. The van der Waals surface area contributed by atoms with Crippen LogP contribution in [0.2, 0.25) is 0 Å². The number of anilines is 1. The molecule has 1 heterocycles. The van der Waals surface area contributed by atoms with Gasteiger partial charge in [0.05, 0.1) is 11.6 Å². The summed E-state index contributed by atoms with van der Waals surface area (Å²) in [6.45, 7) is 0.662. The third kappa shape index (κ3) is 6.31. The first-order chi connectivity index (χ1) is 15.1. The lowest BCUT2D eigenvalue weighted by Crippen LogP contribution is -2.13. The molecule has 0 aliphatic rings. The molecule has 0 bridgehead atoms. The molecule has 9 heteroatoms. The zero-order valence-electron chi connectivity index (χ0n) is 16.5. The number of nitrogens with zero attached hydrogens (tertiary/aromatic N) is 2. The average Bonchev–Trinajstić information content (AvgIpc) is 3.29. The number of hydrogen-bond donors (Lipinski definition) is 1. The molecular weight excluding hydrogens is 482 g/mol. The van der Waals surface area contributed by atoms with Gasteiger partial charge in [0.15, 0.2) is 16.6 Å². The second kappa shape index (κ2) is 11.2. The lowest BCUT2D eigenvalue weighted by molar-refractivity contribution is -0.112. The minimum absolute atomic E-state index is 0.0269. The Balaban J connectivity index is 1.58. The fourth-order valence-corrected chi connectivity index (χ4v) is 3.57. The van der Waals surface area contributed by atoms with E-state index in [4.69, 9.17) is 14.2 Å². The fraction of sp³-hybridized carbons (Fsp3) is 0.136. The van der Waals surface area contributed by atoms with E-state index < -0.39 is 5.91 Å². The number of aromatic nitrogens is 1. The highest BCUT2D eigenvalue weighted by Crippen LogP contribution is 2.28. The highest BCUT2D eigenvalue weighted by atomic mass is 79.9. The average molecular weight is 500 g/mol. The SMILES string of the molecule is COc1ccccc1OCCOc1ccc(/C=C(/C#N)C(=O)Nc2nccs2)cc1Br.